The Hall–Kier alpha value is -2.53. The van der Waals surface area contributed by atoms with E-state index in [0.29, 0.717) is 11.7 Å². The molecule has 2 aromatic carbocycles. The Bertz CT molecular complexity index is 874. The normalized spacial score (nSPS) is 22.8. The van der Waals surface area contributed by atoms with Crippen LogP contribution >= 0.6 is 0 Å². The number of quaternary nitrogens is 1. The molecule has 4 rings (SSSR count). The summed E-state index contributed by atoms with van der Waals surface area (Å²) in [5, 5.41) is 12.8. The predicted octanol–water partition coefficient (Wildman–Crippen LogP) is 3.81. The van der Waals surface area contributed by atoms with Gasteiger partial charge in [-0.25, -0.2) is 4.99 Å². The van der Waals surface area contributed by atoms with Crippen LogP contribution in [-0.2, 0) is 0 Å². The van der Waals surface area contributed by atoms with E-state index in [2.05, 4.69) is 11.4 Å². The number of benzene rings is 2. The first-order chi connectivity index (χ1) is 14.2. The third-order valence-corrected chi connectivity index (χ3v) is 6.33. The molecular weight excluding hydrogens is 364 g/mol. The smallest absolute Gasteiger partial charge is 0.183 e. The number of phenolic OH excluding ortho intramolecular Hbond substituents is 1. The van der Waals surface area contributed by atoms with Gasteiger partial charge in [-0.1, -0.05) is 31.4 Å². The Morgan fingerprint density at radius 3 is 2.45 bits per heavy atom. The summed E-state index contributed by atoms with van der Waals surface area (Å²) in [6.45, 7) is 0. The molecule has 0 amide bonds. The van der Waals surface area contributed by atoms with Crippen LogP contribution in [-0.4, -0.2) is 31.2 Å². The average molecular weight is 396 g/mol. The lowest BCUT2D eigenvalue weighted by Gasteiger charge is -2.33. The van der Waals surface area contributed by atoms with Crippen LogP contribution in [0.3, 0.4) is 0 Å². The van der Waals surface area contributed by atoms with Crippen LogP contribution in [0.15, 0.2) is 47.5 Å². The van der Waals surface area contributed by atoms with Gasteiger partial charge in [0.1, 0.15) is 11.8 Å². The summed E-state index contributed by atoms with van der Waals surface area (Å²) in [5.41, 5.74) is 3.13. The van der Waals surface area contributed by atoms with Crippen molar-refractivity contribution in [2.24, 2.45) is 10.9 Å². The number of phenols is 1. The third-order valence-electron chi connectivity index (χ3n) is 6.33. The third kappa shape index (κ3) is 4.25. The van der Waals surface area contributed by atoms with Crippen molar-refractivity contribution in [3.8, 4) is 17.2 Å². The Morgan fingerprint density at radius 1 is 0.966 bits per heavy atom. The van der Waals surface area contributed by atoms with Crippen molar-refractivity contribution >= 4 is 5.71 Å². The summed E-state index contributed by atoms with van der Waals surface area (Å²) in [6.07, 6.45) is 7.34. The minimum Gasteiger partial charge on any atom is -0.507 e. The monoisotopic (exact) mass is 395 g/mol. The van der Waals surface area contributed by atoms with E-state index in [1.165, 1.54) is 32.1 Å². The van der Waals surface area contributed by atoms with Crippen LogP contribution in [0.25, 0.3) is 0 Å². The maximum atomic E-state index is 10.5. The Kier molecular flexibility index (Phi) is 6.05. The van der Waals surface area contributed by atoms with E-state index in [9.17, 15) is 5.11 Å². The highest BCUT2D eigenvalue weighted by Gasteiger charge is 2.35. The number of aliphatic imine (C=N–C) groups is 1. The van der Waals surface area contributed by atoms with Crippen molar-refractivity contribution in [2.75, 3.05) is 14.2 Å². The number of ether oxygens (including phenoxy) is 2. The van der Waals surface area contributed by atoms with Crippen LogP contribution in [0.4, 0.5) is 0 Å². The standard InChI is InChI=1S/C24H30N2O3/c1-28-22-13-12-17(14-23(22)29-2)19-15-20(18-10-6-7-11-21(18)27)26-24(25-19)16-8-4-3-5-9-16/h6-7,10-14,16,20,24,26-27H,3-5,8-9,15H2,1-2H3/p+1/t20-,24+/m1/s1. The summed E-state index contributed by atoms with van der Waals surface area (Å²) < 4.78 is 10.9. The summed E-state index contributed by atoms with van der Waals surface area (Å²) in [7, 11) is 3.31. The molecule has 1 saturated carbocycles. The number of nitrogens with two attached hydrogens (primary N) is 1. The van der Waals surface area contributed by atoms with Gasteiger partial charge in [-0.15, -0.1) is 0 Å². The van der Waals surface area contributed by atoms with Gasteiger partial charge in [-0.3, -0.25) is 0 Å². The summed E-state index contributed by atoms with van der Waals surface area (Å²) >= 11 is 0. The molecule has 0 saturated heterocycles. The molecule has 1 aliphatic heterocycles. The van der Waals surface area contributed by atoms with E-state index in [1.54, 1.807) is 20.3 Å². The van der Waals surface area contributed by atoms with Gasteiger partial charge in [-0.05, 0) is 48.7 Å². The molecule has 2 atom stereocenters. The number of para-hydroxylation sites is 1. The highest BCUT2D eigenvalue weighted by atomic mass is 16.5. The highest BCUT2D eigenvalue weighted by Crippen LogP contribution is 2.33. The fourth-order valence-electron chi connectivity index (χ4n) is 4.75. The molecule has 0 bridgehead atoms. The lowest BCUT2D eigenvalue weighted by atomic mass is 9.84. The molecule has 0 aromatic heterocycles. The lowest BCUT2D eigenvalue weighted by Crippen LogP contribution is -2.93. The summed E-state index contributed by atoms with van der Waals surface area (Å²) in [6, 6.07) is 13.9. The lowest BCUT2D eigenvalue weighted by molar-refractivity contribution is -0.735. The number of hydrogen-bond donors (Lipinski definition) is 2. The largest absolute Gasteiger partial charge is 0.507 e. The molecule has 0 spiro atoms. The Morgan fingerprint density at radius 2 is 1.72 bits per heavy atom. The zero-order valence-electron chi connectivity index (χ0n) is 17.3. The van der Waals surface area contributed by atoms with E-state index in [4.69, 9.17) is 14.5 Å². The van der Waals surface area contributed by atoms with E-state index >= 15 is 0 Å². The zero-order valence-corrected chi connectivity index (χ0v) is 17.3. The molecule has 2 aromatic rings. The molecule has 1 aliphatic carbocycles. The van der Waals surface area contributed by atoms with Crippen molar-refractivity contribution in [3.05, 3.63) is 53.6 Å². The quantitative estimate of drug-likeness (QED) is 0.809. The van der Waals surface area contributed by atoms with Gasteiger partial charge in [0.2, 0.25) is 0 Å². The Balaban J connectivity index is 1.70. The van der Waals surface area contributed by atoms with Gasteiger partial charge in [0.25, 0.3) is 0 Å². The first kappa shape index (κ1) is 19.8. The second-order valence-electron chi connectivity index (χ2n) is 8.10. The number of methoxy groups -OCH3 is 2. The van der Waals surface area contributed by atoms with Crippen molar-refractivity contribution in [2.45, 2.75) is 50.7 Å². The second-order valence-corrected chi connectivity index (χ2v) is 8.10. The zero-order chi connectivity index (χ0) is 20.2. The predicted molar refractivity (Wildman–Crippen MR) is 114 cm³/mol. The molecule has 1 fully saturated rings. The van der Waals surface area contributed by atoms with Crippen LogP contribution in [0.5, 0.6) is 17.2 Å². The van der Waals surface area contributed by atoms with Gasteiger partial charge in [0, 0.05) is 12.3 Å². The molecule has 3 N–H and O–H groups in total. The van der Waals surface area contributed by atoms with E-state index < -0.39 is 0 Å². The van der Waals surface area contributed by atoms with Gasteiger partial charge in [-0.2, -0.15) is 0 Å². The molecule has 29 heavy (non-hydrogen) atoms. The van der Waals surface area contributed by atoms with Gasteiger partial charge in [0.15, 0.2) is 17.7 Å². The number of rotatable bonds is 5. The van der Waals surface area contributed by atoms with Crippen LogP contribution in [0, 0.1) is 5.92 Å². The highest BCUT2D eigenvalue weighted by molar-refractivity contribution is 6.01. The van der Waals surface area contributed by atoms with E-state index in [-0.39, 0.29) is 12.2 Å². The molecular formula is C24H31N2O3+. The average Bonchev–Trinajstić information content (AvgIpc) is 2.79. The first-order valence-electron chi connectivity index (χ1n) is 10.6. The number of hydrogen-bond acceptors (Lipinski definition) is 4. The SMILES string of the molecule is COc1ccc(C2=N[C@H](C3CCCCC3)[NH2+][C@@H](c3ccccc3O)C2)cc1OC. The number of nitrogens with zero attached hydrogens (tertiary/aromatic N) is 1. The van der Waals surface area contributed by atoms with Crippen molar-refractivity contribution < 1.29 is 19.9 Å². The molecule has 1 heterocycles. The maximum absolute atomic E-state index is 10.5. The van der Waals surface area contributed by atoms with Crippen LogP contribution < -0.4 is 14.8 Å². The van der Waals surface area contributed by atoms with E-state index in [1.807, 2.05) is 30.3 Å². The van der Waals surface area contributed by atoms with E-state index in [0.717, 1.165) is 34.8 Å². The molecule has 5 nitrogen and oxygen atoms in total. The summed E-state index contributed by atoms with van der Waals surface area (Å²) in [5.74, 6) is 2.40. The summed E-state index contributed by atoms with van der Waals surface area (Å²) in [4.78, 5) is 5.20. The van der Waals surface area contributed by atoms with Crippen LogP contribution in [0.2, 0.25) is 0 Å². The molecule has 154 valence electrons. The van der Waals surface area contributed by atoms with Gasteiger partial charge in [0.05, 0.1) is 25.5 Å². The first-order valence-corrected chi connectivity index (χ1v) is 10.6. The molecule has 2 aliphatic rings. The molecule has 0 unspecified atom stereocenters. The van der Waals surface area contributed by atoms with Crippen molar-refractivity contribution in [3.63, 3.8) is 0 Å². The topological polar surface area (TPSA) is 67.7 Å². The number of aromatic hydroxyl groups is 1. The molecule has 5 heteroatoms. The fourth-order valence-corrected chi connectivity index (χ4v) is 4.75. The molecule has 0 radical (unpaired) electrons. The minimum atomic E-state index is 0.156. The second kappa shape index (κ2) is 8.87. The van der Waals surface area contributed by atoms with Gasteiger partial charge >= 0.3 is 0 Å². The Labute approximate surface area is 172 Å². The fraction of sp³-hybridized carbons (Fsp3) is 0.458. The van der Waals surface area contributed by atoms with Crippen molar-refractivity contribution in [1.29, 1.82) is 0 Å². The van der Waals surface area contributed by atoms with Crippen LogP contribution in [0.1, 0.15) is 55.7 Å². The van der Waals surface area contributed by atoms with Crippen molar-refractivity contribution in [1.82, 2.24) is 0 Å². The van der Waals surface area contributed by atoms with Gasteiger partial charge < -0.3 is 19.9 Å². The minimum absolute atomic E-state index is 0.156. The maximum Gasteiger partial charge on any atom is 0.183 e.